The van der Waals surface area contributed by atoms with Crippen LogP contribution in [0.1, 0.15) is 67.7 Å². The standard InChI is InChI=1S/C15H30/c1-11(2)8-9-15(13(5)6)10-14(7)12(3)4/h11,13,15H,8-10H2,1-7H3. The summed E-state index contributed by atoms with van der Waals surface area (Å²) >= 11 is 0. The molecule has 0 aliphatic heterocycles. The van der Waals surface area contributed by atoms with Crippen LogP contribution in [-0.2, 0) is 0 Å². The second kappa shape index (κ2) is 7.09. The molecule has 0 heteroatoms. The zero-order chi connectivity index (χ0) is 12.0. The van der Waals surface area contributed by atoms with Gasteiger partial charge in [0, 0.05) is 0 Å². The van der Waals surface area contributed by atoms with Gasteiger partial charge < -0.3 is 0 Å². The average molecular weight is 210 g/mol. The molecule has 0 saturated heterocycles. The van der Waals surface area contributed by atoms with Gasteiger partial charge in [0.25, 0.3) is 0 Å². The molecule has 1 unspecified atom stereocenters. The van der Waals surface area contributed by atoms with Crippen LogP contribution >= 0.6 is 0 Å². The van der Waals surface area contributed by atoms with Crippen molar-refractivity contribution < 1.29 is 0 Å². The summed E-state index contributed by atoms with van der Waals surface area (Å²) in [5.41, 5.74) is 3.10. The van der Waals surface area contributed by atoms with Crippen molar-refractivity contribution in [3.63, 3.8) is 0 Å². The minimum absolute atomic E-state index is 0.818. The molecule has 90 valence electrons. The number of hydrogen-bond donors (Lipinski definition) is 0. The van der Waals surface area contributed by atoms with E-state index in [1.807, 2.05) is 0 Å². The molecular weight excluding hydrogens is 180 g/mol. The Morgan fingerprint density at radius 1 is 0.867 bits per heavy atom. The van der Waals surface area contributed by atoms with Gasteiger partial charge in [0.15, 0.2) is 0 Å². The molecule has 0 heterocycles. The Hall–Kier alpha value is -0.260. The summed E-state index contributed by atoms with van der Waals surface area (Å²) in [6.45, 7) is 16.1. The van der Waals surface area contributed by atoms with Crippen LogP contribution < -0.4 is 0 Å². The molecule has 0 bridgehead atoms. The lowest BCUT2D eigenvalue weighted by molar-refractivity contribution is 0.328. The van der Waals surface area contributed by atoms with E-state index in [4.69, 9.17) is 0 Å². The highest BCUT2D eigenvalue weighted by Gasteiger charge is 2.14. The van der Waals surface area contributed by atoms with Crippen molar-refractivity contribution in [2.45, 2.75) is 67.7 Å². The first-order valence-electron chi connectivity index (χ1n) is 6.47. The topological polar surface area (TPSA) is 0 Å². The van der Waals surface area contributed by atoms with Crippen LogP contribution in [-0.4, -0.2) is 0 Å². The van der Waals surface area contributed by atoms with E-state index in [-0.39, 0.29) is 0 Å². The summed E-state index contributed by atoms with van der Waals surface area (Å²) in [5.74, 6) is 2.54. The second-order valence-corrected chi connectivity index (χ2v) is 5.96. The summed E-state index contributed by atoms with van der Waals surface area (Å²) < 4.78 is 0. The zero-order valence-corrected chi connectivity index (χ0v) is 11.9. The van der Waals surface area contributed by atoms with Gasteiger partial charge in [-0.3, -0.25) is 0 Å². The zero-order valence-electron chi connectivity index (χ0n) is 11.9. The molecule has 0 spiro atoms. The van der Waals surface area contributed by atoms with E-state index < -0.39 is 0 Å². The fraction of sp³-hybridized carbons (Fsp3) is 0.867. The number of rotatable bonds is 6. The molecule has 0 amide bonds. The molecule has 0 fully saturated rings. The molecule has 0 rings (SSSR count). The van der Waals surface area contributed by atoms with E-state index in [0.29, 0.717) is 0 Å². The molecular formula is C15H30. The largest absolute Gasteiger partial charge is 0.0775 e. The summed E-state index contributed by atoms with van der Waals surface area (Å²) in [4.78, 5) is 0. The van der Waals surface area contributed by atoms with Crippen LogP contribution in [0, 0.1) is 17.8 Å². The van der Waals surface area contributed by atoms with E-state index in [2.05, 4.69) is 48.5 Å². The maximum atomic E-state index is 2.36. The van der Waals surface area contributed by atoms with Gasteiger partial charge in [-0.15, -0.1) is 0 Å². The highest BCUT2D eigenvalue weighted by molar-refractivity contribution is 5.07. The number of hydrogen-bond acceptors (Lipinski definition) is 0. The van der Waals surface area contributed by atoms with Crippen molar-refractivity contribution >= 4 is 0 Å². The van der Waals surface area contributed by atoms with Crippen molar-refractivity contribution in [2.24, 2.45) is 17.8 Å². The SMILES string of the molecule is CC(C)=C(C)CC(CCC(C)C)C(C)C. The lowest BCUT2D eigenvalue weighted by Gasteiger charge is -2.22. The van der Waals surface area contributed by atoms with Crippen molar-refractivity contribution in [1.29, 1.82) is 0 Å². The van der Waals surface area contributed by atoms with Gasteiger partial charge in [-0.05, 0) is 51.4 Å². The predicted molar refractivity (Wildman–Crippen MR) is 71.1 cm³/mol. The molecule has 0 saturated carbocycles. The quantitative estimate of drug-likeness (QED) is 0.512. The van der Waals surface area contributed by atoms with Gasteiger partial charge in [-0.1, -0.05) is 45.3 Å². The second-order valence-electron chi connectivity index (χ2n) is 5.96. The molecule has 0 aromatic heterocycles. The van der Waals surface area contributed by atoms with Gasteiger partial charge in [-0.25, -0.2) is 0 Å². The van der Waals surface area contributed by atoms with Gasteiger partial charge in [-0.2, -0.15) is 0 Å². The summed E-state index contributed by atoms with van der Waals surface area (Å²) in [6.07, 6.45) is 4.06. The molecule has 0 aliphatic rings. The molecule has 0 nitrogen and oxygen atoms in total. The molecule has 0 radical (unpaired) electrons. The Labute approximate surface area is 97.2 Å². The van der Waals surface area contributed by atoms with Crippen molar-refractivity contribution in [3.8, 4) is 0 Å². The lowest BCUT2D eigenvalue weighted by atomic mass is 9.83. The lowest BCUT2D eigenvalue weighted by Crippen LogP contribution is -2.11. The van der Waals surface area contributed by atoms with E-state index in [9.17, 15) is 0 Å². The van der Waals surface area contributed by atoms with E-state index in [1.54, 1.807) is 5.57 Å². The fourth-order valence-electron chi connectivity index (χ4n) is 1.82. The van der Waals surface area contributed by atoms with Crippen molar-refractivity contribution in [3.05, 3.63) is 11.1 Å². The van der Waals surface area contributed by atoms with Gasteiger partial charge in [0.2, 0.25) is 0 Å². The Bertz CT molecular complexity index is 192. The Morgan fingerprint density at radius 2 is 1.40 bits per heavy atom. The Balaban J connectivity index is 4.23. The van der Waals surface area contributed by atoms with Crippen LogP contribution in [0.15, 0.2) is 11.1 Å². The predicted octanol–water partition coefficient (Wildman–Crippen LogP) is 5.44. The summed E-state index contributed by atoms with van der Waals surface area (Å²) in [6, 6.07) is 0. The Morgan fingerprint density at radius 3 is 1.73 bits per heavy atom. The molecule has 1 atom stereocenters. The summed E-state index contributed by atoms with van der Waals surface area (Å²) in [5, 5.41) is 0. The average Bonchev–Trinajstić information content (AvgIpc) is 2.10. The van der Waals surface area contributed by atoms with Gasteiger partial charge in [0.1, 0.15) is 0 Å². The van der Waals surface area contributed by atoms with Gasteiger partial charge >= 0.3 is 0 Å². The van der Waals surface area contributed by atoms with E-state index >= 15 is 0 Å². The van der Waals surface area contributed by atoms with Crippen molar-refractivity contribution in [1.82, 2.24) is 0 Å². The monoisotopic (exact) mass is 210 g/mol. The van der Waals surface area contributed by atoms with Crippen LogP contribution in [0.25, 0.3) is 0 Å². The van der Waals surface area contributed by atoms with E-state index in [1.165, 1.54) is 24.8 Å². The first-order chi connectivity index (χ1) is 6.84. The first-order valence-corrected chi connectivity index (χ1v) is 6.47. The molecule has 15 heavy (non-hydrogen) atoms. The number of allylic oxidation sites excluding steroid dienone is 2. The van der Waals surface area contributed by atoms with Crippen LogP contribution in [0.4, 0.5) is 0 Å². The van der Waals surface area contributed by atoms with Gasteiger partial charge in [0.05, 0.1) is 0 Å². The maximum absolute atomic E-state index is 2.36. The first kappa shape index (κ1) is 14.7. The normalized spacial score (nSPS) is 13.4. The maximum Gasteiger partial charge on any atom is -0.0290 e. The molecule has 0 aromatic rings. The van der Waals surface area contributed by atoms with Crippen LogP contribution in [0.2, 0.25) is 0 Å². The molecule has 0 aliphatic carbocycles. The minimum atomic E-state index is 0.818. The fourth-order valence-corrected chi connectivity index (χ4v) is 1.82. The minimum Gasteiger partial charge on any atom is -0.0775 e. The van der Waals surface area contributed by atoms with Crippen LogP contribution in [0.3, 0.4) is 0 Å². The van der Waals surface area contributed by atoms with Crippen LogP contribution in [0.5, 0.6) is 0 Å². The highest BCUT2D eigenvalue weighted by atomic mass is 14.2. The highest BCUT2D eigenvalue weighted by Crippen LogP contribution is 2.27. The molecule has 0 aromatic carbocycles. The third kappa shape index (κ3) is 6.76. The van der Waals surface area contributed by atoms with Crippen molar-refractivity contribution in [2.75, 3.05) is 0 Å². The third-order valence-electron chi connectivity index (χ3n) is 3.48. The van der Waals surface area contributed by atoms with E-state index in [0.717, 1.165) is 17.8 Å². The smallest absolute Gasteiger partial charge is 0.0290 e. The summed E-state index contributed by atoms with van der Waals surface area (Å²) in [7, 11) is 0. The molecule has 0 N–H and O–H groups in total. The Kier molecular flexibility index (Phi) is 6.96. The third-order valence-corrected chi connectivity index (χ3v) is 3.48.